The second kappa shape index (κ2) is 7.21. The fourth-order valence-electron chi connectivity index (χ4n) is 2.32. The van der Waals surface area contributed by atoms with Crippen molar-refractivity contribution in [3.05, 3.63) is 70.6 Å². The normalized spacial score (nSPS) is 10.8. The zero-order chi connectivity index (χ0) is 17.8. The number of carbonyl (C=O) groups is 1. The van der Waals surface area contributed by atoms with Crippen LogP contribution in [0.2, 0.25) is 0 Å². The van der Waals surface area contributed by atoms with Crippen LogP contribution in [0.5, 0.6) is 5.75 Å². The van der Waals surface area contributed by atoms with Crippen molar-refractivity contribution in [1.82, 2.24) is 0 Å². The monoisotopic (exact) mass is 337 g/mol. The number of fused-ring (bicyclic) bond motifs is 1. The van der Waals surface area contributed by atoms with Crippen molar-refractivity contribution < 1.29 is 13.9 Å². The van der Waals surface area contributed by atoms with Gasteiger partial charge in [0.25, 0.3) is 5.91 Å². The van der Waals surface area contributed by atoms with Crippen molar-refractivity contribution in [2.24, 2.45) is 5.92 Å². The number of hydrogen-bond acceptors (Lipinski definition) is 4. The molecule has 0 unspecified atom stereocenters. The molecule has 3 rings (SSSR count). The first-order valence-corrected chi connectivity index (χ1v) is 8.09. The molecule has 1 N–H and O–H groups in total. The highest BCUT2D eigenvalue weighted by Crippen LogP contribution is 2.19. The molecule has 1 aromatic heterocycles. The van der Waals surface area contributed by atoms with E-state index in [9.17, 15) is 9.59 Å². The topological polar surface area (TPSA) is 68.5 Å². The molecule has 0 saturated heterocycles. The average Bonchev–Trinajstić information content (AvgIpc) is 2.60. The van der Waals surface area contributed by atoms with Gasteiger partial charge in [-0.05, 0) is 54.4 Å². The summed E-state index contributed by atoms with van der Waals surface area (Å²) in [7, 11) is 0. The molecule has 0 radical (unpaired) electrons. The van der Waals surface area contributed by atoms with E-state index in [1.807, 2.05) is 0 Å². The Hall–Kier alpha value is -3.08. The number of ether oxygens (including phenoxy) is 1. The molecule has 1 amide bonds. The third-order valence-corrected chi connectivity index (χ3v) is 3.58. The maximum Gasteiger partial charge on any atom is 0.336 e. The molecular formula is C20H19NO4. The van der Waals surface area contributed by atoms with Crippen LogP contribution >= 0.6 is 0 Å². The Bertz CT molecular complexity index is 942. The van der Waals surface area contributed by atoms with Crippen LogP contribution in [-0.4, -0.2) is 12.5 Å². The van der Waals surface area contributed by atoms with Crippen LogP contribution in [0.1, 0.15) is 24.2 Å². The highest BCUT2D eigenvalue weighted by atomic mass is 16.5. The summed E-state index contributed by atoms with van der Waals surface area (Å²) in [5.74, 6) is 0.971. The fraction of sp³-hybridized carbons (Fsp3) is 0.200. The average molecular weight is 337 g/mol. The van der Waals surface area contributed by atoms with Gasteiger partial charge >= 0.3 is 5.63 Å². The molecule has 2 aromatic carbocycles. The molecule has 0 spiro atoms. The van der Waals surface area contributed by atoms with E-state index in [2.05, 4.69) is 19.2 Å². The van der Waals surface area contributed by atoms with Crippen molar-refractivity contribution in [2.45, 2.75) is 13.8 Å². The van der Waals surface area contributed by atoms with E-state index >= 15 is 0 Å². The van der Waals surface area contributed by atoms with Crippen LogP contribution in [0.15, 0.2) is 63.8 Å². The summed E-state index contributed by atoms with van der Waals surface area (Å²) in [6.45, 7) is 4.80. The van der Waals surface area contributed by atoms with Gasteiger partial charge in [0.1, 0.15) is 11.3 Å². The van der Waals surface area contributed by atoms with Crippen molar-refractivity contribution in [3.63, 3.8) is 0 Å². The molecule has 5 heteroatoms. The first-order chi connectivity index (χ1) is 12.0. The first kappa shape index (κ1) is 16.8. The van der Waals surface area contributed by atoms with Crippen LogP contribution in [-0.2, 0) is 0 Å². The molecule has 0 fully saturated rings. The standard InChI is InChI=1S/C20H19NO4/c1-13(2)12-24-17-7-3-14(4-8-17)20(23)21-16-6-9-18-15(11-16)5-10-19(22)25-18/h3-11,13H,12H2,1-2H3,(H,21,23). The lowest BCUT2D eigenvalue weighted by molar-refractivity contribution is 0.102. The summed E-state index contributed by atoms with van der Waals surface area (Å²) in [5.41, 5.74) is 1.25. The van der Waals surface area contributed by atoms with Gasteiger partial charge in [-0.1, -0.05) is 13.8 Å². The lowest BCUT2D eigenvalue weighted by Gasteiger charge is -2.10. The van der Waals surface area contributed by atoms with Crippen LogP contribution in [0.3, 0.4) is 0 Å². The summed E-state index contributed by atoms with van der Waals surface area (Å²) >= 11 is 0. The minimum absolute atomic E-state index is 0.216. The molecule has 1 heterocycles. The molecule has 0 aliphatic rings. The zero-order valence-corrected chi connectivity index (χ0v) is 14.1. The summed E-state index contributed by atoms with van der Waals surface area (Å²) in [5, 5.41) is 3.58. The predicted octanol–water partition coefficient (Wildman–Crippen LogP) is 4.08. The second-order valence-corrected chi connectivity index (χ2v) is 6.19. The van der Waals surface area contributed by atoms with Crippen molar-refractivity contribution in [1.29, 1.82) is 0 Å². The van der Waals surface area contributed by atoms with Gasteiger partial charge in [-0.2, -0.15) is 0 Å². The van der Waals surface area contributed by atoms with Gasteiger partial charge in [-0.15, -0.1) is 0 Å². The van der Waals surface area contributed by atoms with Crippen LogP contribution in [0.4, 0.5) is 5.69 Å². The lowest BCUT2D eigenvalue weighted by Crippen LogP contribution is -2.12. The highest BCUT2D eigenvalue weighted by Gasteiger charge is 2.08. The van der Waals surface area contributed by atoms with Crippen molar-refractivity contribution in [2.75, 3.05) is 11.9 Å². The maximum atomic E-state index is 12.4. The molecule has 5 nitrogen and oxygen atoms in total. The zero-order valence-electron chi connectivity index (χ0n) is 14.1. The molecule has 0 aliphatic carbocycles. The number of hydrogen-bond donors (Lipinski definition) is 1. The van der Waals surface area contributed by atoms with Gasteiger partial charge in [-0.3, -0.25) is 4.79 Å². The maximum absolute atomic E-state index is 12.4. The minimum Gasteiger partial charge on any atom is -0.493 e. The molecule has 0 atom stereocenters. The molecule has 0 aliphatic heterocycles. The number of anilines is 1. The van der Waals surface area contributed by atoms with E-state index in [4.69, 9.17) is 9.15 Å². The Kier molecular flexibility index (Phi) is 4.84. The predicted molar refractivity (Wildman–Crippen MR) is 97.2 cm³/mol. The molecule has 3 aromatic rings. The van der Waals surface area contributed by atoms with Crippen LogP contribution in [0.25, 0.3) is 11.0 Å². The quantitative estimate of drug-likeness (QED) is 0.712. The van der Waals surface area contributed by atoms with E-state index in [1.165, 1.54) is 6.07 Å². The van der Waals surface area contributed by atoms with E-state index in [0.717, 1.165) is 11.1 Å². The number of benzene rings is 2. The fourth-order valence-corrected chi connectivity index (χ4v) is 2.32. The molecule has 128 valence electrons. The summed E-state index contributed by atoms with van der Waals surface area (Å²) in [6, 6.07) is 15.2. The third kappa shape index (κ3) is 4.26. The van der Waals surface area contributed by atoms with E-state index in [0.29, 0.717) is 29.4 Å². The van der Waals surface area contributed by atoms with Gasteiger partial charge in [0.05, 0.1) is 6.61 Å². The van der Waals surface area contributed by atoms with Crippen molar-refractivity contribution in [3.8, 4) is 5.75 Å². The number of carbonyl (C=O) groups excluding carboxylic acids is 1. The van der Waals surface area contributed by atoms with E-state index < -0.39 is 5.63 Å². The largest absolute Gasteiger partial charge is 0.493 e. The summed E-state index contributed by atoms with van der Waals surface area (Å²) in [4.78, 5) is 23.6. The van der Waals surface area contributed by atoms with Crippen molar-refractivity contribution >= 4 is 22.6 Å². The Labute approximate surface area is 145 Å². The Morgan fingerprint density at radius 1 is 1.08 bits per heavy atom. The Balaban J connectivity index is 1.71. The van der Waals surface area contributed by atoms with Crippen LogP contribution in [0, 0.1) is 5.92 Å². The Morgan fingerprint density at radius 3 is 2.56 bits per heavy atom. The third-order valence-electron chi connectivity index (χ3n) is 3.58. The van der Waals surface area contributed by atoms with E-state index in [1.54, 1.807) is 48.5 Å². The molecular weight excluding hydrogens is 318 g/mol. The lowest BCUT2D eigenvalue weighted by atomic mass is 10.1. The smallest absolute Gasteiger partial charge is 0.336 e. The summed E-state index contributed by atoms with van der Waals surface area (Å²) < 4.78 is 10.7. The van der Waals surface area contributed by atoms with Gasteiger partial charge in [0.2, 0.25) is 0 Å². The Morgan fingerprint density at radius 2 is 1.84 bits per heavy atom. The second-order valence-electron chi connectivity index (χ2n) is 6.19. The first-order valence-electron chi connectivity index (χ1n) is 8.09. The SMILES string of the molecule is CC(C)COc1ccc(C(=O)Nc2ccc3oc(=O)ccc3c2)cc1. The van der Waals surface area contributed by atoms with Gasteiger partial charge in [0, 0.05) is 22.7 Å². The number of nitrogens with one attached hydrogen (secondary N) is 1. The van der Waals surface area contributed by atoms with E-state index in [-0.39, 0.29) is 5.91 Å². The highest BCUT2D eigenvalue weighted by molar-refractivity contribution is 6.05. The minimum atomic E-state index is -0.399. The van der Waals surface area contributed by atoms with Gasteiger partial charge in [0.15, 0.2) is 0 Å². The number of rotatable bonds is 5. The van der Waals surface area contributed by atoms with Gasteiger partial charge in [-0.25, -0.2) is 4.79 Å². The molecule has 25 heavy (non-hydrogen) atoms. The molecule has 0 saturated carbocycles. The van der Waals surface area contributed by atoms with Crippen LogP contribution < -0.4 is 15.7 Å². The summed E-state index contributed by atoms with van der Waals surface area (Å²) in [6.07, 6.45) is 0. The number of amides is 1. The molecule has 0 bridgehead atoms. The van der Waals surface area contributed by atoms with Gasteiger partial charge < -0.3 is 14.5 Å².